The van der Waals surface area contributed by atoms with Crippen molar-refractivity contribution in [2.45, 2.75) is 18.8 Å². The van der Waals surface area contributed by atoms with Gasteiger partial charge in [-0.2, -0.15) is 5.10 Å². The number of furan rings is 1. The van der Waals surface area contributed by atoms with E-state index in [1.165, 1.54) is 11.6 Å². The lowest BCUT2D eigenvalue weighted by molar-refractivity contribution is -0.111. The lowest BCUT2D eigenvalue weighted by atomic mass is 9.89. The first-order valence-electron chi connectivity index (χ1n) is 12.4. The van der Waals surface area contributed by atoms with E-state index in [1.54, 1.807) is 52.9 Å². The maximum atomic E-state index is 13.4. The molecule has 0 saturated carbocycles. The number of likely N-dealkylation sites (tertiary alicyclic amines) is 1. The number of nitrogens with zero attached hydrogens (tertiary/aromatic N) is 4. The summed E-state index contributed by atoms with van der Waals surface area (Å²) < 4.78 is 6.75. The van der Waals surface area contributed by atoms with Gasteiger partial charge in [0.15, 0.2) is 5.65 Å². The minimum atomic E-state index is -0.199. The zero-order valence-electron chi connectivity index (χ0n) is 20.5. The van der Waals surface area contributed by atoms with E-state index in [0.29, 0.717) is 30.2 Å². The number of hydrogen-bond acceptors (Lipinski definition) is 6. The molecular weight excluding hydrogens is 498 g/mol. The van der Waals surface area contributed by atoms with Crippen LogP contribution in [0.2, 0.25) is 0 Å². The lowest BCUT2D eigenvalue weighted by Crippen LogP contribution is -2.37. The number of aromatic nitrogens is 3. The van der Waals surface area contributed by atoms with Gasteiger partial charge in [-0.05, 0) is 66.1 Å². The van der Waals surface area contributed by atoms with Crippen molar-refractivity contribution in [3.63, 3.8) is 0 Å². The minimum absolute atomic E-state index is 0.0317. The summed E-state index contributed by atoms with van der Waals surface area (Å²) in [5.74, 6) is 0.128. The number of nitrogens with one attached hydrogen (secondary N) is 1. The highest BCUT2D eigenvalue weighted by molar-refractivity contribution is 7.13. The highest BCUT2D eigenvalue weighted by atomic mass is 32.1. The van der Waals surface area contributed by atoms with Crippen molar-refractivity contribution in [1.82, 2.24) is 19.5 Å². The molecule has 0 bridgehead atoms. The average Bonchev–Trinajstić information content (AvgIpc) is 3.74. The van der Waals surface area contributed by atoms with Crippen molar-refractivity contribution in [2.75, 3.05) is 18.4 Å². The lowest BCUT2D eigenvalue weighted by Gasteiger charge is -2.32. The number of benzene rings is 1. The molecule has 0 spiro atoms. The van der Waals surface area contributed by atoms with Gasteiger partial charge in [-0.3, -0.25) is 9.59 Å². The van der Waals surface area contributed by atoms with Gasteiger partial charge < -0.3 is 14.6 Å². The van der Waals surface area contributed by atoms with Gasteiger partial charge in [0.1, 0.15) is 5.56 Å². The molecular formula is C29H25N5O3S. The summed E-state index contributed by atoms with van der Waals surface area (Å²) in [6.45, 7) is 1.34. The second-order valence-electron chi connectivity index (χ2n) is 9.17. The van der Waals surface area contributed by atoms with Gasteiger partial charge in [0.2, 0.25) is 5.91 Å². The Morgan fingerprint density at radius 3 is 2.66 bits per heavy atom. The number of hydrogen-bond donors (Lipinski definition) is 1. The number of carbonyl (C=O) groups excluding carboxylic acids is 2. The third-order valence-corrected chi connectivity index (χ3v) is 7.70. The fourth-order valence-corrected chi connectivity index (χ4v) is 5.54. The standard InChI is InChI=1S/C29H25N5O3S/c35-27(8-3-20-12-16-37-19-20)32-23-6-4-21(5-7-23)22-10-14-33(15-11-22)29(36)24-18-31-34-25(9-13-30-28(24)34)26-2-1-17-38-26/h1-9,12-13,16-19,22H,10-11,14-15H2,(H,32,35)/b8-3+. The molecule has 5 aromatic rings. The molecule has 1 aliphatic rings. The van der Waals surface area contributed by atoms with Crippen molar-refractivity contribution in [2.24, 2.45) is 0 Å². The molecule has 1 aliphatic heterocycles. The van der Waals surface area contributed by atoms with E-state index in [4.69, 9.17) is 4.42 Å². The van der Waals surface area contributed by atoms with E-state index in [0.717, 1.165) is 34.7 Å². The topological polar surface area (TPSA) is 92.7 Å². The van der Waals surface area contributed by atoms with Crippen LogP contribution in [0.1, 0.15) is 40.2 Å². The Morgan fingerprint density at radius 1 is 1.08 bits per heavy atom. The number of amides is 2. The van der Waals surface area contributed by atoms with Crippen LogP contribution in [0.25, 0.3) is 22.3 Å². The summed E-state index contributed by atoms with van der Waals surface area (Å²) >= 11 is 1.63. The fourth-order valence-electron chi connectivity index (χ4n) is 4.80. The smallest absolute Gasteiger partial charge is 0.259 e. The number of rotatable bonds is 6. The van der Waals surface area contributed by atoms with Gasteiger partial charge >= 0.3 is 0 Å². The molecule has 190 valence electrons. The van der Waals surface area contributed by atoms with Crippen molar-refractivity contribution in [3.05, 3.63) is 102 Å². The SMILES string of the molecule is O=C(/C=C/c1ccoc1)Nc1ccc(C2CCN(C(=O)c3cnn4c(-c5cccs5)ccnc34)CC2)cc1. The van der Waals surface area contributed by atoms with Crippen LogP contribution in [-0.4, -0.2) is 44.4 Å². The van der Waals surface area contributed by atoms with Gasteiger partial charge in [0.25, 0.3) is 5.91 Å². The van der Waals surface area contributed by atoms with Gasteiger partial charge in [-0.25, -0.2) is 9.50 Å². The van der Waals surface area contributed by atoms with Gasteiger partial charge in [0.05, 0.1) is 29.3 Å². The second kappa shape index (κ2) is 10.5. The Balaban J connectivity index is 1.07. The number of piperidine rings is 1. The number of fused-ring (bicyclic) bond motifs is 1. The van der Waals surface area contributed by atoms with Crippen molar-refractivity contribution in [1.29, 1.82) is 0 Å². The van der Waals surface area contributed by atoms with Crippen molar-refractivity contribution in [3.8, 4) is 10.6 Å². The molecule has 0 atom stereocenters. The Bertz CT molecular complexity index is 1580. The van der Waals surface area contributed by atoms with Crippen LogP contribution < -0.4 is 5.32 Å². The van der Waals surface area contributed by atoms with Crippen molar-refractivity contribution < 1.29 is 14.0 Å². The van der Waals surface area contributed by atoms with E-state index in [2.05, 4.69) is 27.5 Å². The third kappa shape index (κ3) is 4.88. The molecule has 2 amide bonds. The minimum Gasteiger partial charge on any atom is -0.472 e. The zero-order valence-corrected chi connectivity index (χ0v) is 21.3. The fraction of sp³-hybridized carbons (Fsp3) is 0.172. The van der Waals surface area contributed by atoms with Gasteiger partial charge in [0, 0.05) is 36.6 Å². The Labute approximate surface area is 223 Å². The Kier molecular flexibility index (Phi) is 6.58. The number of thiophene rings is 1. The first kappa shape index (κ1) is 23.9. The summed E-state index contributed by atoms with van der Waals surface area (Å²) in [6, 6.07) is 15.7. The Hall–Kier alpha value is -4.50. The molecule has 8 nitrogen and oxygen atoms in total. The van der Waals surface area contributed by atoms with Crippen LogP contribution >= 0.6 is 11.3 Å². The molecule has 1 saturated heterocycles. The molecule has 1 fully saturated rings. The first-order chi connectivity index (χ1) is 18.7. The maximum Gasteiger partial charge on any atom is 0.259 e. The molecule has 1 N–H and O–H groups in total. The third-order valence-electron chi connectivity index (χ3n) is 6.81. The van der Waals surface area contributed by atoms with Crippen LogP contribution in [-0.2, 0) is 4.79 Å². The maximum absolute atomic E-state index is 13.4. The molecule has 0 unspecified atom stereocenters. The summed E-state index contributed by atoms with van der Waals surface area (Å²) in [6.07, 6.45) is 11.4. The van der Waals surface area contributed by atoms with Crippen molar-refractivity contribution >= 4 is 40.6 Å². The number of anilines is 1. The largest absolute Gasteiger partial charge is 0.472 e. The van der Waals surface area contributed by atoms with E-state index in [9.17, 15) is 9.59 Å². The summed E-state index contributed by atoms with van der Waals surface area (Å²) in [4.78, 5) is 33.0. The molecule has 5 heterocycles. The molecule has 0 aliphatic carbocycles. The molecule has 38 heavy (non-hydrogen) atoms. The predicted molar refractivity (Wildman–Crippen MR) is 147 cm³/mol. The highest BCUT2D eigenvalue weighted by Crippen LogP contribution is 2.30. The van der Waals surface area contributed by atoms with E-state index >= 15 is 0 Å². The highest BCUT2D eigenvalue weighted by Gasteiger charge is 2.27. The second-order valence-corrected chi connectivity index (χ2v) is 10.1. The van der Waals surface area contributed by atoms with Crippen LogP contribution in [0.5, 0.6) is 0 Å². The summed E-state index contributed by atoms with van der Waals surface area (Å²) in [5, 5.41) is 9.38. The normalized spacial score (nSPS) is 14.4. The number of carbonyl (C=O) groups is 2. The van der Waals surface area contributed by atoms with Crippen LogP contribution in [0.15, 0.2) is 89.3 Å². The first-order valence-corrected chi connectivity index (χ1v) is 13.3. The van der Waals surface area contributed by atoms with E-state index < -0.39 is 0 Å². The molecule has 0 radical (unpaired) electrons. The van der Waals surface area contributed by atoms with Gasteiger partial charge in [-0.1, -0.05) is 18.2 Å². The quantitative estimate of drug-likeness (QED) is 0.287. The molecule has 6 rings (SSSR count). The van der Waals surface area contributed by atoms with Crippen LogP contribution in [0.3, 0.4) is 0 Å². The molecule has 1 aromatic carbocycles. The molecule has 4 aromatic heterocycles. The average molecular weight is 524 g/mol. The predicted octanol–water partition coefficient (Wildman–Crippen LogP) is 5.72. The van der Waals surface area contributed by atoms with Crippen LogP contribution in [0.4, 0.5) is 5.69 Å². The Morgan fingerprint density at radius 2 is 1.92 bits per heavy atom. The molecule has 9 heteroatoms. The van der Waals surface area contributed by atoms with E-state index in [1.807, 2.05) is 40.6 Å². The monoisotopic (exact) mass is 523 g/mol. The zero-order chi connectivity index (χ0) is 25.9. The van der Waals surface area contributed by atoms with Gasteiger partial charge in [-0.15, -0.1) is 11.3 Å². The van der Waals surface area contributed by atoms with E-state index in [-0.39, 0.29) is 11.8 Å². The summed E-state index contributed by atoms with van der Waals surface area (Å²) in [5.41, 5.74) is 4.83. The van der Waals surface area contributed by atoms with Crippen LogP contribution in [0, 0.1) is 0 Å². The summed E-state index contributed by atoms with van der Waals surface area (Å²) in [7, 11) is 0.